The number of phosphoric acid groups is 1. The van der Waals surface area contributed by atoms with E-state index in [0.717, 1.165) is 74.5 Å². The quantitative estimate of drug-likeness (QED) is 0.0212. The van der Waals surface area contributed by atoms with Gasteiger partial charge in [-0.1, -0.05) is 111 Å². The van der Waals surface area contributed by atoms with Crippen molar-refractivity contribution in [1.29, 1.82) is 0 Å². The molecule has 0 saturated heterocycles. The van der Waals surface area contributed by atoms with Gasteiger partial charge in [-0.25, -0.2) is 4.57 Å². The molecule has 4 aliphatic carbocycles. The minimum atomic E-state index is -4.47. The first kappa shape index (κ1) is 51.9. The second-order valence-corrected chi connectivity index (χ2v) is 22.9. The predicted octanol–water partition coefficient (Wildman–Crippen LogP) is 11.2. The number of fused-ring (bicyclic) bond motifs is 5. The largest absolute Gasteiger partial charge is 0.472 e. The van der Waals surface area contributed by atoms with Crippen molar-refractivity contribution in [2.24, 2.45) is 46.3 Å². The summed E-state index contributed by atoms with van der Waals surface area (Å²) in [5.41, 5.74) is 2.03. The van der Waals surface area contributed by atoms with E-state index in [1.54, 1.807) is 0 Å². The Morgan fingerprint density at radius 1 is 0.820 bits per heavy atom. The summed E-state index contributed by atoms with van der Waals surface area (Å²) >= 11 is 0. The number of hydrogen-bond acceptors (Lipinski definition) is 9. The maximum atomic E-state index is 13.1. The average molecular weight is 881 g/mol. The highest BCUT2D eigenvalue weighted by Gasteiger charge is 2.59. The summed E-state index contributed by atoms with van der Waals surface area (Å²) in [6.45, 7) is 14.1. The third kappa shape index (κ3) is 16.0. The number of unbranched alkanes of at least 4 members (excludes halogenated alkanes) is 6. The number of likely N-dealkylation sites (N-methyl/N-ethyl adjacent to an activating group) is 1. The van der Waals surface area contributed by atoms with Crippen LogP contribution in [-0.2, 0) is 42.2 Å². The van der Waals surface area contributed by atoms with E-state index in [9.17, 15) is 23.8 Å². The molecule has 12 heteroatoms. The smallest absolute Gasteiger partial charge is 0.462 e. The minimum Gasteiger partial charge on any atom is -0.462 e. The molecule has 0 aromatic carbocycles. The van der Waals surface area contributed by atoms with Gasteiger partial charge in [-0.15, -0.1) is 0 Å². The highest BCUT2D eigenvalue weighted by Crippen LogP contribution is 2.67. The van der Waals surface area contributed by atoms with Gasteiger partial charge in [-0.2, -0.15) is 0 Å². The molecular weight excluding hydrogens is 794 g/mol. The number of hydrogen-bond donors (Lipinski definition) is 1. The second kappa shape index (κ2) is 23.9. The van der Waals surface area contributed by atoms with Crippen LogP contribution >= 0.6 is 7.82 Å². The first-order chi connectivity index (χ1) is 28.8. The Bertz CT molecular complexity index is 1480. The lowest BCUT2D eigenvalue weighted by Gasteiger charge is -2.58. The van der Waals surface area contributed by atoms with Gasteiger partial charge in [0.15, 0.2) is 6.10 Å². The van der Waals surface area contributed by atoms with Crippen LogP contribution in [0.25, 0.3) is 0 Å². The molecule has 61 heavy (non-hydrogen) atoms. The summed E-state index contributed by atoms with van der Waals surface area (Å²) in [5.74, 6) is 3.00. The van der Waals surface area contributed by atoms with E-state index >= 15 is 0 Å². The number of phosphoric ester groups is 1. The number of carbonyl (C=O) groups excluding carboxylic acids is 3. The van der Waals surface area contributed by atoms with E-state index in [1.165, 1.54) is 69.8 Å². The van der Waals surface area contributed by atoms with Gasteiger partial charge in [-0.05, 0) is 97.7 Å². The zero-order chi connectivity index (χ0) is 44.8. The second-order valence-electron chi connectivity index (χ2n) is 21.4. The predicted molar refractivity (Wildman–Crippen MR) is 240 cm³/mol. The topological polar surface area (TPSA) is 135 Å². The molecule has 0 aromatic heterocycles. The Labute approximate surface area is 370 Å². The van der Waals surface area contributed by atoms with E-state index in [-0.39, 0.29) is 44.0 Å². The normalized spacial score (nSPS) is 29.4. The van der Waals surface area contributed by atoms with Crippen LogP contribution in [0.5, 0.6) is 0 Å². The fraction of sp³-hybridized carbons (Fsp3) is 0.898. The average Bonchev–Trinajstić information content (AvgIpc) is 3.54. The van der Waals surface area contributed by atoms with Crippen LogP contribution in [0.1, 0.15) is 176 Å². The molecule has 4 rings (SSSR count). The zero-order valence-electron chi connectivity index (χ0n) is 39.9. The van der Waals surface area contributed by atoms with Crippen LogP contribution in [0.4, 0.5) is 0 Å². The van der Waals surface area contributed by atoms with E-state index < -0.39 is 38.4 Å². The van der Waals surface area contributed by atoms with Crippen molar-refractivity contribution in [3.63, 3.8) is 0 Å². The van der Waals surface area contributed by atoms with Crippen molar-refractivity contribution >= 4 is 25.7 Å². The summed E-state index contributed by atoms with van der Waals surface area (Å²) in [7, 11) is 1.31. The fourth-order valence-corrected chi connectivity index (χ4v) is 12.4. The van der Waals surface area contributed by atoms with Crippen molar-refractivity contribution in [3.8, 4) is 0 Å². The molecule has 0 heterocycles. The lowest BCUT2D eigenvalue weighted by Crippen LogP contribution is -2.51. The van der Waals surface area contributed by atoms with Crippen molar-refractivity contribution in [1.82, 2.24) is 0 Å². The van der Waals surface area contributed by atoms with E-state index in [1.807, 2.05) is 21.1 Å². The number of ether oxygens (including phenoxy) is 3. The Morgan fingerprint density at radius 3 is 2.23 bits per heavy atom. The number of rotatable bonds is 27. The van der Waals surface area contributed by atoms with E-state index in [2.05, 4.69) is 47.6 Å². The van der Waals surface area contributed by atoms with Gasteiger partial charge < -0.3 is 23.6 Å². The lowest BCUT2D eigenvalue weighted by molar-refractivity contribution is -0.870. The van der Waals surface area contributed by atoms with Gasteiger partial charge in [0.1, 0.15) is 25.9 Å². The Hall–Kier alpha value is -1.78. The molecule has 0 bridgehead atoms. The molecule has 0 amide bonds. The summed E-state index contributed by atoms with van der Waals surface area (Å²) < 4.78 is 40.3. The van der Waals surface area contributed by atoms with Crippen LogP contribution in [0.15, 0.2) is 11.6 Å². The van der Waals surface area contributed by atoms with Crippen LogP contribution < -0.4 is 0 Å². The fourth-order valence-electron chi connectivity index (χ4n) is 11.7. The lowest BCUT2D eigenvalue weighted by atomic mass is 9.47. The van der Waals surface area contributed by atoms with E-state index in [0.29, 0.717) is 28.8 Å². The van der Waals surface area contributed by atoms with Gasteiger partial charge in [0, 0.05) is 12.8 Å². The first-order valence-electron chi connectivity index (χ1n) is 24.4. The number of nitrogens with zero attached hydrogens (tertiary/aromatic N) is 1. The first-order valence-corrected chi connectivity index (χ1v) is 25.9. The zero-order valence-corrected chi connectivity index (χ0v) is 40.8. The van der Waals surface area contributed by atoms with E-state index in [4.69, 9.17) is 23.3 Å². The van der Waals surface area contributed by atoms with Crippen molar-refractivity contribution < 1.29 is 51.6 Å². The molecular formula is C49H87NO10P+. The molecule has 0 aromatic rings. The molecule has 0 spiro atoms. The molecule has 2 unspecified atom stereocenters. The van der Waals surface area contributed by atoms with Gasteiger partial charge in [-0.3, -0.25) is 23.4 Å². The van der Waals surface area contributed by atoms with Crippen LogP contribution in [0.3, 0.4) is 0 Å². The maximum Gasteiger partial charge on any atom is 0.472 e. The number of quaternary nitrogens is 1. The molecule has 0 radical (unpaired) electrons. The number of allylic oxidation sites excluding steroid dienone is 1. The standard InChI is InChI=1S/C49H86NO10P/c1-10-11-12-13-14-15-16-20-45(51)56-34-40(35-58-61(54,55)57-32-31-50(7,8)9)60-47(53)26-25-46(52)59-39-27-29-48(5)38(33-39)21-22-41-43-24-23-42(37(4)19-17-18-36(2)3)49(43,6)30-28-44(41)48/h21,36-37,39-44H,10-20,22-35H2,1-9H3/p+1/t37-,39+,40?,41+,42-,43+,44+,48+,49-/m1/s1. The highest BCUT2D eigenvalue weighted by atomic mass is 31.2. The SMILES string of the molecule is CCCCCCCCCC(=O)OCC(COP(=O)(O)OCC[N+](C)(C)C)OC(=O)CCC(=O)O[C@H]1CC[C@@]2(C)C(=CC[C@H]3[C@@H]4CC[C@H]([C@H](C)CCCC(C)C)[C@@]4(C)CC[C@@H]32)C1. The van der Waals surface area contributed by atoms with Crippen LogP contribution in [-0.4, -0.2) is 87.0 Å². The molecule has 3 saturated carbocycles. The van der Waals surface area contributed by atoms with Gasteiger partial charge in [0.25, 0.3) is 0 Å². The molecule has 0 aliphatic heterocycles. The van der Waals surface area contributed by atoms with Crippen LogP contribution in [0, 0.1) is 46.3 Å². The molecule has 352 valence electrons. The summed E-state index contributed by atoms with van der Waals surface area (Å²) in [6.07, 6.45) is 21.4. The third-order valence-electron chi connectivity index (χ3n) is 15.2. The number of esters is 3. The van der Waals surface area contributed by atoms with Gasteiger partial charge >= 0.3 is 25.7 Å². The Kier molecular flexibility index (Phi) is 20.4. The maximum absolute atomic E-state index is 13.1. The molecule has 4 aliphatic rings. The summed E-state index contributed by atoms with van der Waals surface area (Å²) in [6, 6.07) is 0. The minimum absolute atomic E-state index is 0.0194. The third-order valence-corrected chi connectivity index (χ3v) is 16.2. The van der Waals surface area contributed by atoms with Crippen molar-refractivity contribution in [2.75, 3.05) is 47.5 Å². The Morgan fingerprint density at radius 2 is 1.52 bits per heavy atom. The monoisotopic (exact) mass is 881 g/mol. The van der Waals surface area contributed by atoms with Crippen LogP contribution in [0.2, 0.25) is 0 Å². The molecule has 10 atom stereocenters. The van der Waals surface area contributed by atoms with Gasteiger partial charge in [0.05, 0.1) is 40.6 Å². The molecule has 1 N–H and O–H groups in total. The Balaban J connectivity index is 1.25. The highest BCUT2D eigenvalue weighted by molar-refractivity contribution is 7.47. The van der Waals surface area contributed by atoms with Gasteiger partial charge in [0.2, 0.25) is 0 Å². The molecule has 11 nitrogen and oxygen atoms in total. The molecule has 3 fully saturated rings. The summed E-state index contributed by atoms with van der Waals surface area (Å²) in [4.78, 5) is 48.9. The van der Waals surface area contributed by atoms with Crippen molar-refractivity contribution in [3.05, 3.63) is 11.6 Å². The van der Waals surface area contributed by atoms with Crippen molar-refractivity contribution in [2.45, 2.75) is 189 Å². The number of carbonyl (C=O) groups is 3. The summed E-state index contributed by atoms with van der Waals surface area (Å²) in [5, 5.41) is 0.